The summed E-state index contributed by atoms with van der Waals surface area (Å²) in [6.45, 7) is 4.98. The molecule has 6 heteroatoms. The molecule has 0 aromatic heterocycles. The van der Waals surface area contributed by atoms with Crippen LogP contribution >= 0.6 is 0 Å². The first-order valence-electron chi connectivity index (χ1n) is 6.87. The van der Waals surface area contributed by atoms with Gasteiger partial charge in [0.05, 0.1) is 11.5 Å². The lowest BCUT2D eigenvalue weighted by atomic mass is 9.86. The van der Waals surface area contributed by atoms with Gasteiger partial charge >= 0.3 is 12.0 Å². The maximum Gasteiger partial charge on any atom is 0.314 e. The summed E-state index contributed by atoms with van der Waals surface area (Å²) in [5.74, 6) is -0.812. The average Bonchev–Trinajstić information content (AvgIpc) is 2.84. The summed E-state index contributed by atoms with van der Waals surface area (Å²) < 4.78 is 5.29. The van der Waals surface area contributed by atoms with Crippen LogP contribution in [0.1, 0.15) is 39.5 Å². The summed E-state index contributed by atoms with van der Waals surface area (Å²) in [5, 5.41) is 14.6. The van der Waals surface area contributed by atoms with Crippen molar-refractivity contribution in [3.63, 3.8) is 0 Å². The van der Waals surface area contributed by atoms with Gasteiger partial charge in [0.2, 0.25) is 0 Å². The van der Waals surface area contributed by atoms with Gasteiger partial charge in [0.25, 0.3) is 0 Å². The van der Waals surface area contributed by atoms with Crippen LogP contribution in [0.15, 0.2) is 0 Å². The van der Waals surface area contributed by atoms with Gasteiger partial charge in [-0.2, -0.15) is 0 Å². The molecule has 1 unspecified atom stereocenters. The van der Waals surface area contributed by atoms with Gasteiger partial charge in [-0.1, -0.05) is 12.8 Å². The quantitative estimate of drug-likeness (QED) is 0.653. The fourth-order valence-electron chi connectivity index (χ4n) is 2.41. The molecular formula is C13H24N2O4. The van der Waals surface area contributed by atoms with Gasteiger partial charge in [0.1, 0.15) is 0 Å². The summed E-state index contributed by atoms with van der Waals surface area (Å²) in [7, 11) is 0. The molecule has 0 aromatic carbocycles. The molecule has 1 fully saturated rings. The number of aliphatic carboxylic acids is 1. The highest BCUT2D eigenvalue weighted by atomic mass is 16.5. The van der Waals surface area contributed by atoms with Crippen molar-refractivity contribution in [2.45, 2.75) is 45.6 Å². The van der Waals surface area contributed by atoms with E-state index >= 15 is 0 Å². The number of carboxylic acid groups (broad SMARTS) is 1. The molecule has 3 N–H and O–H groups in total. The number of carbonyl (C=O) groups excluding carboxylic acids is 1. The SMILES string of the molecule is CCOC(C)CNC(=O)NCC1(C(=O)O)CCCC1. The average molecular weight is 272 g/mol. The van der Waals surface area contributed by atoms with Gasteiger partial charge in [-0.05, 0) is 26.7 Å². The van der Waals surface area contributed by atoms with E-state index in [9.17, 15) is 14.7 Å². The van der Waals surface area contributed by atoms with Crippen molar-refractivity contribution in [2.24, 2.45) is 5.41 Å². The molecule has 0 saturated heterocycles. The van der Waals surface area contributed by atoms with Crippen LogP contribution in [-0.4, -0.2) is 42.9 Å². The van der Waals surface area contributed by atoms with Crippen LogP contribution in [-0.2, 0) is 9.53 Å². The van der Waals surface area contributed by atoms with Crippen molar-refractivity contribution < 1.29 is 19.4 Å². The van der Waals surface area contributed by atoms with Gasteiger partial charge in [-0.25, -0.2) is 4.79 Å². The Hall–Kier alpha value is -1.30. The lowest BCUT2D eigenvalue weighted by Gasteiger charge is -2.24. The number of carboxylic acids is 1. The standard InChI is InChI=1S/C13H24N2O4/c1-3-19-10(2)8-14-12(18)15-9-13(11(16)17)6-4-5-7-13/h10H,3-9H2,1-2H3,(H,16,17)(H2,14,15,18). The normalized spacial score (nSPS) is 18.8. The van der Waals surface area contributed by atoms with E-state index < -0.39 is 11.4 Å². The lowest BCUT2D eigenvalue weighted by Crippen LogP contribution is -2.46. The minimum atomic E-state index is -0.812. The molecule has 110 valence electrons. The van der Waals surface area contributed by atoms with Crippen molar-refractivity contribution in [1.29, 1.82) is 0 Å². The molecule has 1 atom stereocenters. The van der Waals surface area contributed by atoms with Gasteiger partial charge in [-0.15, -0.1) is 0 Å². The summed E-state index contributed by atoms with van der Waals surface area (Å²) >= 11 is 0. The van der Waals surface area contributed by atoms with E-state index in [0.29, 0.717) is 26.0 Å². The van der Waals surface area contributed by atoms with Crippen molar-refractivity contribution in [2.75, 3.05) is 19.7 Å². The monoisotopic (exact) mass is 272 g/mol. The first-order valence-corrected chi connectivity index (χ1v) is 6.87. The summed E-state index contributed by atoms with van der Waals surface area (Å²) in [5.41, 5.74) is -0.775. The first kappa shape index (κ1) is 15.8. The largest absolute Gasteiger partial charge is 0.481 e. The smallest absolute Gasteiger partial charge is 0.314 e. The number of hydrogen-bond donors (Lipinski definition) is 3. The number of amides is 2. The van der Waals surface area contributed by atoms with E-state index in [4.69, 9.17) is 4.74 Å². The van der Waals surface area contributed by atoms with E-state index in [1.54, 1.807) is 0 Å². The second-order valence-electron chi connectivity index (χ2n) is 5.12. The first-order chi connectivity index (χ1) is 9.00. The Morgan fingerprint density at radius 2 is 1.95 bits per heavy atom. The van der Waals surface area contributed by atoms with Gasteiger partial charge < -0.3 is 20.5 Å². The molecule has 0 aromatic rings. The lowest BCUT2D eigenvalue weighted by molar-refractivity contribution is -0.148. The van der Waals surface area contributed by atoms with Crippen molar-refractivity contribution in [3.05, 3.63) is 0 Å². The van der Waals surface area contributed by atoms with E-state index in [0.717, 1.165) is 12.8 Å². The van der Waals surface area contributed by atoms with E-state index in [-0.39, 0.29) is 18.7 Å². The van der Waals surface area contributed by atoms with Crippen LogP contribution in [0, 0.1) is 5.41 Å². The highest BCUT2D eigenvalue weighted by Gasteiger charge is 2.41. The minimum absolute atomic E-state index is 0.0457. The fraction of sp³-hybridized carbons (Fsp3) is 0.846. The number of carbonyl (C=O) groups is 2. The number of nitrogens with one attached hydrogen (secondary N) is 2. The summed E-state index contributed by atoms with van der Waals surface area (Å²) in [6, 6.07) is -0.334. The zero-order valence-corrected chi connectivity index (χ0v) is 11.7. The second kappa shape index (κ2) is 7.33. The number of hydrogen-bond acceptors (Lipinski definition) is 3. The predicted octanol–water partition coefficient (Wildman–Crippen LogP) is 1.36. The molecule has 0 radical (unpaired) electrons. The Morgan fingerprint density at radius 3 is 2.47 bits per heavy atom. The molecule has 0 heterocycles. The molecule has 19 heavy (non-hydrogen) atoms. The molecular weight excluding hydrogens is 248 g/mol. The van der Waals surface area contributed by atoms with Crippen molar-refractivity contribution in [3.8, 4) is 0 Å². The van der Waals surface area contributed by atoms with Gasteiger partial charge in [-0.3, -0.25) is 4.79 Å². The topological polar surface area (TPSA) is 87.7 Å². The molecule has 1 rings (SSSR count). The van der Waals surface area contributed by atoms with E-state index in [1.807, 2.05) is 13.8 Å². The zero-order valence-electron chi connectivity index (χ0n) is 11.7. The van der Waals surface area contributed by atoms with Gasteiger partial charge in [0, 0.05) is 19.7 Å². The Morgan fingerprint density at radius 1 is 1.32 bits per heavy atom. The van der Waals surface area contributed by atoms with Crippen LogP contribution in [0.4, 0.5) is 4.79 Å². The third-order valence-corrected chi connectivity index (χ3v) is 3.60. The van der Waals surface area contributed by atoms with Crippen LogP contribution in [0.2, 0.25) is 0 Å². The summed E-state index contributed by atoms with van der Waals surface area (Å²) in [4.78, 5) is 22.9. The molecule has 1 saturated carbocycles. The zero-order chi connectivity index (χ0) is 14.3. The summed E-state index contributed by atoms with van der Waals surface area (Å²) in [6.07, 6.45) is 3.06. The molecule has 1 aliphatic rings. The Bertz CT molecular complexity index is 314. The van der Waals surface area contributed by atoms with Crippen molar-refractivity contribution >= 4 is 12.0 Å². The van der Waals surface area contributed by atoms with Crippen LogP contribution < -0.4 is 10.6 Å². The predicted molar refractivity (Wildman–Crippen MR) is 71.0 cm³/mol. The van der Waals surface area contributed by atoms with E-state index in [2.05, 4.69) is 10.6 Å². The highest BCUT2D eigenvalue weighted by molar-refractivity contribution is 5.78. The van der Waals surface area contributed by atoms with Gasteiger partial charge in [0.15, 0.2) is 0 Å². The van der Waals surface area contributed by atoms with Crippen LogP contribution in [0.3, 0.4) is 0 Å². The number of ether oxygens (including phenoxy) is 1. The number of urea groups is 1. The van der Waals surface area contributed by atoms with Crippen molar-refractivity contribution in [1.82, 2.24) is 10.6 Å². The molecule has 1 aliphatic carbocycles. The Labute approximate surface area is 113 Å². The molecule has 0 spiro atoms. The van der Waals surface area contributed by atoms with E-state index in [1.165, 1.54) is 0 Å². The highest BCUT2D eigenvalue weighted by Crippen LogP contribution is 2.37. The third-order valence-electron chi connectivity index (χ3n) is 3.60. The van der Waals surface area contributed by atoms with Crippen LogP contribution in [0.25, 0.3) is 0 Å². The number of rotatable bonds is 7. The maximum atomic E-state index is 11.6. The molecule has 2 amide bonds. The molecule has 0 bridgehead atoms. The van der Waals surface area contributed by atoms with Crippen LogP contribution in [0.5, 0.6) is 0 Å². The Kier molecular flexibility index (Phi) is 6.08. The fourth-order valence-corrected chi connectivity index (χ4v) is 2.41. The third kappa shape index (κ3) is 4.70. The molecule has 6 nitrogen and oxygen atoms in total. The maximum absolute atomic E-state index is 11.6. The minimum Gasteiger partial charge on any atom is -0.481 e. The molecule has 0 aliphatic heterocycles. The second-order valence-corrected chi connectivity index (χ2v) is 5.12. The Balaban J connectivity index is 2.31.